The van der Waals surface area contributed by atoms with E-state index in [0.717, 1.165) is 11.1 Å². The molecule has 0 saturated heterocycles. The first kappa shape index (κ1) is 16.7. The SMILES string of the molecule is COC(=O)C[C@H](NC(=O)c1occc1C(C)C)c1ccncc1. The molecule has 0 aliphatic rings. The highest BCUT2D eigenvalue weighted by molar-refractivity contribution is 5.93. The average molecular weight is 316 g/mol. The molecule has 6 nitrogen and oxygen atoms in total. The van der Waals surface area contributed by atoms with Crippen LogP contribution in [0, 0.1) is 0 Å². The monoisotopic (exact) mass is 316 g/mol. The molecular formula is C17H20N2O4. The second-order valence-electron chi connectivity index (χ2n) is 5.45. The number of rotatable bonds is 6. The smallest absolute Gasteiger partial charge is 0.307 e. The molecular weight excluding hydrogens is 296 g/mol. The second kappa shape index (κ2) is 7.58. The van der Waals surface area contributed by atoms with E-state index in [9.17, 15) is 9.59 Å². The predicted octanol–water partition coefficient (Wildman–Crippen LogP) is 2.83. The zero-order valence-electron chi connectivity index (χ0n) is 13.4. The Morgan fingerprint density at radius 3 is 2.57 bits per heavy atom. The van der Waals surface area contributed by atoms with Crippen molar-refractivity contribution in [2.45, 2.75) is 32.2 Å². The summed E-state index contributed by atoms with van der Waals surface area (Å²) >= 11 is 0. The minimum atomic E-state index is -0.511. The summed E-state index contributed by atoms with van der Waals surface area (Å²) in [5.41, 5.74) is 1.60. The van der Waals surface area contributed by atoms with E-state index in [2.05, 4.69) is 10.3 Å². The van der Waals surface area contributed by atoms with Gasteiger partial charge in [0, 0.05) is 18.0 Å². The van der Waals surface area contributed by atoms with Gasteiger partial charge in [-0.2, -0.15) is 0 Å². The van der Waals surface area contributed by atoms with Crippen molar-refractivity contribution >= 4 is 11.9 Å². The van der Waals surface area contributed by atoms with Crippen LogP contribution in [0.2, 0.25) is 0 Å². The van der Waals surface area contributed by atoms with Gasteiger partial charge in [0.15, 0.2) is 5.76 Å². The third kappa shape index (κ3) is 4.18. The topological polar surface area (TPSA) is 81.4 Å². The van der Waals surface area contributed by atoms with Gasteiger partial charge in [0.2, 0.25) is 0 Å². The molecule has 0 spiro atoms. The van der Waals surface area contributed by atoms with Gasteiger partial charge in [0.1, 0.15) is 0 Å². The van der Waals surface area contributed by atoms with E-state index in [1.54, 1.807) is 30.6 Å². The lowest BCUT2D eigenvalue weighted by Gasteiger charge is -2.18. The fourth-order valence-electron chi connectivity index (χ4n) is 2.28. The molecule has 1 N–H and O–H groups in total. The highest BCUT2D eigenvalue weighted by atomic mass is 16.5. The number of nitrogens with zero attached hydrogens (tertiary/aromatic N) is 1. The number of methoxy groups -OCH3 is 1. The van der Waals surface area contributed by atoms with Gasteiger partial charge < -0.3 is 14.5 Å². The molecule has 0 radical (unpaired) electrons. The molecule has 0 unspecified atom stereocenters. The summed E-state index contributed by atoms with van der Waals surface area (Å²) in [6.45, 7) is 3.97. The second-order valence-corrected chi connectivity index (χ2v) is 5.45. The molecule has 0 aliphatic heterocycles. The van der Waals surface area contributed by atoms with E-state index in [0.29, 0.717) is 0 Å². The van der Waals surface area contributed by atoms with Crippen LogP contribution in [-0.4, -0.2) is 24.0 Å². The fraction of sp³-hybridized carbons (Fsp3) is 0.353. The highest BCUT2D eigenvalue weighted by Gasteiger charge is 2.23. The first-order valence-corrected chi connectivity index (χ1v) is 7.38. The van der Waals surface area contributed by atoms with E-state index in [1.807, 2.05) is 13.8 Å². The van der Waals surface area contributed by atoms with E-state index in [1.165, 1.54) is 13.4 Å². The molecule has 0 bridgehead atoms. The Morgan fingerprint density at radius 1 is 1.26 bits per heavy atom. The number of hydrogen-bond acceptors (Lipinski definition) is 5. The summed E-state index contributed by atoms with van der Waals surface area (Å²) in [4.78, 5) is 28.1. The summed E-state index contributed by atoms with van der Waals surface area (Å²) in [5, 5.41) is 2.83. The number of carbonyl (C=O) groups is 2. The highest BCUT2D eigenvalue weighted by Crippen LogP contribution is 2.23. The summed E-state index contributed by atoms with van der Waals surface area (Å²) in [6.07, 6.45) is 4.74. The van der Waals surface area contributed by atoms with Crippen molar-refractivity contribution in [1.82, 2.24) is 10.3 Å². The lowest BCUT2D eigenvalue weighted by molar-refractivity contribution is -0.141. The van der Waals surface area contributed by atoms with Crippen molar-refractivity contribution in [3.8, 4) is 0 Å². The molecule has 0 aliphatic carbocycles. The lowest BCUT2D eigenvalue weighted by atomic mass is 10.0. The Morgan fingerprint density at radius 2 is 1.96 bits per heavy atom. The maximum atomic E-state index is 12.5. The van der Waals surface area contributed by atoms with Gasteiger partial charge in [-0.15, -0.1) is 0 Å². The van der Waals surface area contributed by atoms with Gasteiger partial charge in [-0.1, -0.05) is 13.8 Å². The Hall–Kier alpha value is -2.63. The van der Waals surface area contributed by atoms with Crippen LogP contribution in [-0.2, 0) is 9.53 Å². The van der Waals surface area contributed by atoms with Crippen LogP contribution in [0.1, 0.15) is 53.9 Å². The van der Waals surface area contributed by atoms with Gasteiger partial charge in [-0.05, 0) is 29.7 Å². The van der Waals surface area contributed by atoms with Gasteiger partial charge in [0.05, 0.1) is 25.8 Å². The molecule has 1 atom stereocenters. The molecule has 0 saturated carbocycles. The number of ether oxygens (including phenoxy) is 1. The number of hydrogen-bond donors (Lipinski definition) is 1. The van der Waals surface area contributed by atoms with Crippen LogP contribution < -0.4 is 5.32 Å². The van der Waals surface area contributed by atoms with E-state index in [4.69, 9.17) is 9.15 Å². The minimum absolute atomic E-state index is 0.0317. The summed E-state index contributed by atoms with van der Waals surface area (Å²) < 4.78 is 10.0. The van der Waals surface area contributed by atoms with Gasteiger partial charge in [-0.3, -0.25) is 14.6 Å². The van der Waals surface area contributed by atoms with Crippen molar-refractivity contribution in [3.63, 3.8) is 0 Å². The molecule has 0 aromatic carbocycles. The first-order chi connectivity index (χ1) is 11.0. The zero-order valence-corrected chi connectivity index (χ0v) is 13.4. The van der Waals surface area contributed by atoms with Crippen molar-refractivity contribution in [2.75, 3.05) is 7.11 Å². The molecule has 2 aromatic rings. The third-order valence-corrected chi connectivity index (χ3v) is 3.54. The van der Waals surface area contributed by atoms with E-state index >= 15 is 0 Å². The fourth-order valence-corrected chi connectivity index (χ4v) is 2.28. The van der Waals surface area contributed by atoms with Crippen LogP contribution in [0.4, 0.5) is 0 Å². The standard InChI is InChI=1S/C17H20N2O4/c1-11(2)13-6-9-23-16(13)17(21)19-14(10-15(20)22-3)12-4-7-18-8-5-12/h4-9,11,14H,10H2,1-3H3,(H,19,21)/t14-/m0/s1. The molecule has 2 rings (SSSR count). The Bertz CT molecular complexity index is 664. The molecule has 0 fully saturated rings. The number of carbonyl (C=O) groups excluding carboxylic acids is 2. The van der Waals surface area contributed by atoms with E-state index < -0.39 is 12.0 Å². The predicted molar refractivity (Wildman–Crippen MR) is 83.9 cm³/mol. The van der Waals surface area contributed by atoms with Crippen molar-refractivity contribution in [2.24, 2.45) is 0 Å². The largest absolute Gasteiger partial charge is 0.469 e. The summed E-state index contributed by atoms with van der Waals surface area (Å²) in [5.74, 6) is -0.335. The van der Waals surface area contributed by atoms with Crippen molar-refractivity contribution < 1.29 is 18.7 Å². The zero-order chi connectivity index (χ0) is 16.8. The number of pyridine rings is 1. The number of aromatic nitrogens is 1. The van der Waals surface area contributed by atoms with Crippen molar-refractivity contribution in [1.29, 1.82) is 0 Å². The Balaban J connectivity index is 2.21. The lowest BCUT2D eigenvalue weighted by Crippen LogP contribution is -2.31. The molecule has 2 heterocycles. The van der Waals surface area contributed by atoms with Gasteiger partial charge >= 0.3 is 5.97 Å². The summed E-state index contributed by atoms with van der Waals surface area (Å²) in [6, 6.07) is 4.77. The minimum Gasteiger partial charge on any atom is -0.469 e. The molecule has 2 aromatic heterocycles. The normalized spacial score (nSPS) is 12.0. The van der Waals surface area contributed by atoms with Crippen LogP contribution in [0.5, 0.6) is 0 Å². The van der Waals surface area contributed by atoms with Crippen molar-refractivity contribution in [3.05, 3.63) is 53.7 Å². The molecule has 6 heteroatoms. The number of esters is 1. The average Bonchev–Trinajstić information content (AvgIpc) is 3.05. The van der Waals surface area contributed by atoms with Crippen LogP contribution in [0.15, 0.2) is 41.3 Å². The Kier molecular flexibility index (Phi) is 5.51. The molecule has 122 valence electrons. The number of amides is 1. The quantitative estimate of drug-likeness (QED) is 0.829. The summed E-state index contributed by atoms with van der Waals surface area (Å²) in [7, 11) is 1.32. The first-order valence-electron chi connectivity index (χ1n) is 7.38. The Labute approximate surface area is 134 Å². The van der Waals surface area contributed by atoms with Crippen LogP contribution in [0.25, 0.3) is 0 Å². The van der Waals surface area contributed by atoms with Gasteiger partial charge in [0.25, 0.3) is 5.91 Å². The maximum absolute atomic E-state index is 12.5. The third-order valence-electron chi connectivity index (χ3n) is 3.54. The van der Waals surface area contributed by atoms with E-state index in [-0.39, 0.29) is 24.0 Å². The maximum Gasteiger partial charge on any atom is 0.307 e. The number of furan rings is 1. The molecule has 1 amide bonds. The van der Waals surface area contributed by atoms with Crippen LogP contribution in [0.3, 0.4) is 0 Å². The van der Waals surface area contributed by atoms with Crippen LogP contribution >= 0.6 is 0 Å². The van der Waals surface area contributed by atoms with Gasteiger partial charge in [-0.25, -0.2) is 0 Å². The molecule has 23 heavy (non-hydrogen) atoms. The number of nitrogens with one attached hydrogen (secondary N) is 1.